The van der Waals surface area contributed by atoms with E-state index in [9.17, 15) is 4.79 Å². The fourth-order valence-electron chi connectivity index (χ4n) is 1.57. The summed E-state index contributed by atoms with van der Waals surface area (Å²) >= 11 is 0. The minimum absolute atomic E-state index is 0.131. The molecule has 0 bridgehead atoms. The molecule has 5 heteroatoms. The molecular formula is C12H21N3O2. The Morgan fingerprint density at radius 2 is 2.24 bits per heavy atom. The Morgan fingerprint density at radius 1 is 1.53 bits per heavy atom. The van der Waals surface area contributed by atoms with E-state index in [0.29, 0.717) is 18.1 Å². The predicted octanol–water partition coefficient (Wildman–Crippen LogP) is 1.47. The highest BCUT2D eigenvalue weighted by Gasteiger charge is 2.09. The van der Waals surface area contributed by atoms with E-state index in [1.54, 1.807) is 0 Å². The highest BCUT2D eigenvalue weighted by molar-refractivity contribution is 5.34. The van der Waals surface area contributed by atoms with Gasteiger partial charge in [0.1, 0.15) is 11.6 Å². The monoisotopic (exact) mass is 239 g/mol. The molecule has 0 aliphatic carbocycles. The van der Waals surface area contributed by atoms with E-state index in [2.05, 4.69) is 15.3 Å². The van der Waals surface area contributed by atoms with Crippen molar-refractivity contribution in [3.05, 3.63) is 22.2 Å². The maximum absolute atomic E-state index is 11.5. The molecule has 1 aromatic heterocycles. The maximum atomic E-state index is 11.5. The van der Waals surface area contributed by atoms with Crippen molar-refractivity contribution in [2.45, 2.75) is 45.6 Å². The quantitative estimate of drug-likeness (QED) is 0.702. The Balaban J connectivity index is 2.86. The molecule has 1 atom stereocenters. The topological polar surface area (TPSA) is 78.0 Å². The van der Waals surface area contributed by atoms with Crippen molar-refractivity contribution in [3.63, 3.8) is 0 Å². The van der Waals surface area contributed by atoms with Crippen molar-refractivity contribution >= 4 is 5.82 Å². The first-order valence-electron chi connectivity index (χ1n) is 6.05. The van der Waals surface area contributed by atoms with Crippen LogP contribution in [0.25, 0.3) is 0 Å². The molecule has 1 rings (SSSR count). The van der Waals surface area contributed by atoms with Crippen molar-refractivity contribution in [2.75, 3.05) is 11.9 Å². The van der Waals surface area contributed by atoms with Crippen LogP contribution in [0.15, 0.2) is 10.9 Å². The van der Waals surface area contributed by atoms with Gasteiger partial charge in [0.25, 0.3) is 5.56 Å². The van der Waals surface area contributed by atoms with Gasteiger partial charge in [0.15, 0.2) is 0 Å². The van der Waals surface area contributed by atoms with Gasteiger partial charge in [0.2, 0.25) is 0 Å². The summed E-state index contributed by atoms with van der Waals surface area (Å²) in [7, 11) is 0. The van der Waals surface area contributed by atoms with E-state index >= 15 is 0 Å². The minimum atomic E-state index is -0.148. The van der Waals surface area contributed by atoms with Gasteiger partial charge >= 0.3 is 0 Å². The van der Waals surface area contributed by atoms with Crippen LogP contribution in [0.4, 0.5) is 5.82 Å². The maximum Gasteiger partial charge on any atom is 0.252 e. The molecule has 0 spiro atoms. The lowest BCUT2D eigenvalue weighted by Crippen LogP contribution is -2.23. The SMILES string of the molecule is CCC(CCO)Nc1cc(=O)[nH]c(C(C)C)n1. The molecule has 0 amide bonds. The second kappa shape index (κ2) is 6.39. The number of hydrogen-bond acceptors (Lipinski definition) is 4. The number of rotatable bonds is 6. The summed E-state index contributed by atoms with van der Waals surface area (Å²) in [6.45, 7) is 6.12. The zero-order valence-electron chi connectivity index (χ0n) is 10.7. The van der Waals surface area contributed by atoms with Crippen molar-refractivity contribution < 1.29 is 5.11 Å². The van der Waals surface area contributed by atoms with Crippen molar-refractivity contribution in [2.24, 2.45) is 0 Å². The molecule has 0 saturated heterocycles. The van der Waals surface area contributed by atoms with E-state index in [0.717, 1.165) is 6.42 Å². The third kappa shape index (κ3) is 4.19. The number of hydrogen-bond donors (Lipinski definition) is 3. The van der Waals surface area contributed by atoms with Gasteiger partial charge in [-0.25, -0.2) is 4.98 Å². The van der Waals surface area contributed by atoms with Crippen LogP contribution >= 0.6 is 0 Å². The lowest BCUT2D eigenvalue weighted by Gasteiger charge is -2.17. The number of aromatic nitrogens is 2. The van der Waals surface area contributed by atoms with Crippen molar-refractivity contribution in [1.82, 2.24) is 9.97 Å². The Morgan fingerprint density at radius 3 is 2.76 bits per heavy atom. The second-order valence-corrected chi connectivity index (χ2v) is 4.43. The Bertz CT molecular complexity index is 401. The van der Waals surface area contributed by atoms with E-state index < -0.39 is 0 Å². The molecule has 17 heavy (non-hydrogen) atoms. The number of aliphatic hydroxyl groups is 1. The summed E-state index contributed by atoms with van der Waals surface area (Å²) in [6, 6.07) is 1.60. The van der Waals surface area contributed by atoms with Crippen LogP contribution in [-0.2, 0) is 0 Å². The van der Waals surface area contributed by atoms with E-state index in [-0.39, 0.29) is 24.1 Å². The predicted molar refractivity (Wildman–Crippen MR) is 68.4 cm³/mol. The summed E-state index contributed by atoms with van der Waals surface area (Å²) in [6.07, 6.45) is 1.54. The summed E-state index contributed by atoms with van der Waals surface area (Å²) in [5, 5.41) is 12.1. The summed E-state index contributed by atoms with van der Waals surface area (Å²) in [5.74, 6) is 1.44. The van der Waals surface area contributed by atoms with Gasteiger partial charge in [-0.1, -0.05) is 20.8 Å². The molecule has 1 heterocycles. The summed E-state index contributed by atoms with van der Waals surface area (Å²) < 4.78 is 0. The number of anilines is 1. The first-order valence-corrected chi connectivity index (χ1v) is 6.05. The molecule has 1 unspecified atom stereocenters. The van der Waals surface area contributed by atoms with E-state index in [1.807, 2.05) is 20.8 Å². The van der Waals surface area contributed by atoms with Crippen LogP contribution < -0.4 is 10.9 Å². The molecule has 0 aromatic carbocycles. The Hall–Kier alpha value is -1.36. The lowest BCUT2D eigenvalue weighted by atomic mass is 10.1. The number of aromatic amines is 1. The van der Waals surface area contributed by atoms with Gasteiger partial charge in [-0.15, -0.1) is 0 Å². The number of aliphatic hydroxyl groups excluding tert-OH is 1. The van der Waals surface area contributed by atoms with Crippen LogP contribution in [0.2, 0.25) is 0 Å². The first-order chi connectivity index (χ1) is 8.06. The van der Waals surface area contributed by atoms with Crippen molar-refractivity contribution in [3.8, 4) is 0 Å². The summed E-state index contributed by atoms with van der Waals surface area (Å²) in [4.78, 5) is 18.5. The average molecular weight is 239 g/mol. The number of H-pyrrole nitrogens is 1. The van der Waals surface area contributed by atoms with Crippen LogP contribution in [0.1, 0.15) is 45.4 Å². The molecule has 0 aliphatic rings. The highest BCUT2D eigenvalue weighted by atomic mass is 16.3. The molecule has 0 aliphatic heterocycles. The van der Waals surface area contributed by atoms with E-state index in [1.165, 1.54) is 6.07 Å². The molecule has 96 valence electrons. The fraction of sp³-hybridized carbons (Fsp3) is 0.667. The zero-order chi connectivity index (χ0) is 12.8. The zero-order valence-corrected chi connectivity index (χ0v) is 10.7. The molecule has 0 saturated carbocycles. The van der Waals surface area contributed by atoms with Gasteiger partial charge in [-0.3, -0.25) is 4.79 Å². The average Bonchev–Trinajstić information content (AvgIpc) is 2.27. The molecule has 5 nitrogen and oxygen atoms in total. The van der Waals surface area contributed by atoms with Gasteiger partial charge in [-0.2, -0.15) is 0 Å². The first kappa shape index (κ1) is 13.7. The van der Waals surface area contributed by atoms with Gasteiger partial charge < -0.3 is 15.4 Å². The van der Waals surface area contributed by atoms with Gasteiger partial charge in [0.05, 0.1) is 0 Å². The number of nitrogens with one attached hydrogen (secondary N) is 2. The highest BCUT2D eigenvalue weighted by Crippen LogP contribution is 2.11. The molecule has 1 aromatic rings. The Labute approximate surface area is 101 Å². The van der Waals surface area contributed by atoms with Crippen LogP contribution in [0.5, 0.6) is 0 Å². The van der Waals surface area contributed by atoms with Crippen LogP contribution in [-0.4, -0.2) is 27.7 Å². The van der Waals surface area contributed by atoms with Gasteiger partial charge in [-0.05, 0) is 12.8 Å². The van der Waals surface area contributed by atoms with Crippen LogP contribution in [0.3, 0.4) is 0 Å². The minimum Gasteiger partial charge on any atom is -0.396 e. The van der Waals surface area contributed by atoms with Gasteiger partial charge in [0, 0.05) is 24.6 Å². The lowest BCUT2D eigenvalue weighted by molar-refractivity contribution is 0.278. The number of nitrogens with zero attached hydrogens (tertiary/aromatic N) is 1. The second-order valence-electron chi connectivity index (χ2n) is 4.43. The van der Waals surface area contributed by atoms with E-state index in [4.69, 9.17) is 5.11 Å². The molecule has 3 N–H and O–H groups in total. The molecule has 0 radical (unpaired) electrons. The van der Waals surface area contributed by atoms with Crippen molar-refractivity contribution in [1.29, 1.82) is 0 Å². The third-order valence-electron chi connectivity index (χ3n) is 2.63. The normalized spacial score (nSPS) is 12.8. The standard InChI is InChI=1S/C12H21N3O2/c1-4-9(5-6-16)13-10-7-11(17)15-12(14-10)8(2)3/h7-9,16H,4-6H2,1-3H3,(H2,13,14,15,17). The largest absolute Gasteiger partial charge is 0.396 e. The van der Waals surface area contributed by atoms with Crippen LogP contribution in [0, 0.1) is 0 Å². The Kier molecular flexibility index (Phi) is 5.15. The fourth-order valence-corrected chi connectivity index (χ4v) is 1.57. The molecule has 0 fully saturated rings. The molecular weight excluding hydrogens is 218 g/mol. The third-order valence-corrected chi connectivity index (χ3v) is 2.63. The summed E-state index contributed by atoms with van der Waals surface area (Å²) in [5.41, 5.74) is -0.148. The smallest absolute Gasteiger partial charge is 0.252 e.